The van der Waals surface area contributed by atoms with E-state index in [1.165, 1.54) is 16.9 Å². The largest absolute Gasteiger partial charge is 0.375 e. The molecule has 0 saturated heterocycles. The zero-order valence-electron chi connectivity index (χ0n) is 14.0. The first-order valence-corrected chi connectivity index (χ1v) is 9.17. The van der Waals surface area contributed by atoms with E-state index in [0.29, 0.717) is 11.1 Å². The molecular weight excluding hydrogens is 332 g/mol. The predicted molar refractivity (Wildman–Crippen MR) is 102 cm³/mol. The summed E-state index contributed by atoms with van der Waals surface area (Å²) in [5, 5.41) is 9.28. The number of nitrogens with zero attached hydrogens (tertiary/aromatic N) is 3. The van der Waals surface area contributed by atoms with Crippen molar-refractivity contribution in [3.05, 3.63) is 64.9 Å². The maximum atomic E-state index is 5.62. The van der Waals surface area contributed by atoms with Crippen LogP contribution in [0.25, 0.3) is 0 Å². The Kier molecular flexibility index (Phi) is 6.30. The molecule has 0 aliphatic rings. The molecule has 0 fully saturated rings. The van der Waals surface area contributed by atoms with Crippen LogP contribution in [0.2, 0.25) is 0 Å². The first kappa shape index (κ1) is 17.3. The van der Waals surface area contributed by atoms with Crippen molar-refractivity contribution in [1.82, 2.24) is 20.3 Å². The Bertz CT molecular complexity index is 757. The molecule has 0 bridgehead atoms. The topological polar surface area (TPSA) is 88.8 Å². The zero-order valence-corrected chi connectivity index (χ0v) is 14.8. The maximum absolute atomic E-state index is 5.62. The number of nitrogen functional groups attached to an aromatic ring is 1. The molecule has 0 unspecified atom stereocenters. The van der Waals surface area contributed by atoms with Gasteiger partial charge in [0.05, 0.1) is 5.69 Å². The molecule has 0 aliphatic carbocycles. The molecule has 4 N–H and O–H groups in total. The lowest BCUT2D eigenvalue weighted by molar-refractivity contribution is 0.643. The third-order valence-electron chi connectivity index (χ3n) is 3.68. The summed E-state index contributed by atoms with van der Waals surface area (Å²) in [6.07, 6.45) is 5.68. The van der Waals surface area contributed by atoms with Gasteiger partial charge in [0.2, 0.25) is 5.95 Å². The van der Waals surface area contributed by atoms with E-state index < -0.39 is 0 Å². The molecule has 1 aromatic carbocycles. The first-order valence-electron chi connectivity index (χ1n) is 8.29. The predicted octanol–water partition coefficient (Wildman–Crippen LogP) is 2.85. The van der Waals surface area contributed by atoms with Crippen molar-refractivity contribution >= 4 is 22.4 Å². The molecule has 130 valence electrons. The molecular formula is C18H22N6S. The summed E-state index contributed by atoms with van der Waals surface area (Å²) in [6, 6.07) is 10.2. The molecule has 0 spiro atoms. The quantitative estimate of drug-likeness (QED) is 0.512. The standard InChI is InChI=1S/C18H22N6S/c19-17-24-16(13-25-17)7-4-8-20-9-15-11-22-18(23-12-15)21-10-14-5-2-1-3-6-14/h1-3,5-6,11-13,20H,4,7-10H2,(H2,19,24)(H,21,22,23). The van der Waals surface area contributed by atoms with Crippen molar-refractivity contribution in [2.75, 3.05) is 17.6 Å². The highest BCUT2D eigenvalue weighted by molar-refractivity contribution is 7.13. The smallest absolute Gasteiger partial charge is 0.222 e. The van der Waals surface area contributed by atoms with E-state index in [9.17, 15) is 0 Å². The summed E-state index contributed by atoms with van der Waals surface area (Å²) in [5.41, 5.74) is 8.97. The number of hydrogen-bond donors (Lipinski definition) is 3. The van der Waals surface area contributed by atoms with E-state index >= 15 is 0 Å². The van der Waals surface area contributed by atoms with Crippen LogP contribution in [0.3, 0.4) is 0 Å². The summed E-state index contributed by atoms with van der Waals surface area (Å²) in [5.74, 6) is 0.647. The second kappa shape index (κ2) is 9.10. The van der Waals surface area contributed by atoms with Crippen molar-refractivity contribution in [1.29, 1.82) is 0 Å². The van der Waals surface area contributed by atoms with Crippen molar-refractivity contribution in [3.63, 3.8) is 0 Å². The van der Waals surface area contributed by atoms with Gasteiger partial charge in [-0.25, -0.2) is 15.0 Å². The molecule has 0 radical (unpaired) electrons. The van der Waals surface area contributed by atoms with E-state index in [-0.39, 0.29) is 0 Å². The number of aryl methyl sites for hydroxylation is 1. The molecule has 0 aliphatic heterocycles. The van der Waals surface area contributed by atoms with Gasteiger partial charge < -0.3 is 16.4 Å². The van der Waals surface area contributed by atoms with Gasteiger partial charge in [-0.15, -0.1) is 11.3 Å². The minimum Gasteiger partial charge on any atom is -0.375 e. The molecule has 2 aromatic heterocycles. The maximum Gasteiger partial charge on any atom is 0.222 e. The van der Waals surface area contributed by atoms with E-state index in [2.05, 4.69) is 37.7 Å². The first-order chi connectivity index (χ1) is 12.3. The molecule has 0 atom stereocenters. The highest BCUT2D eigenvalue weighted by Crippen LogP contribution is 2.12. The van der Waals surface area contributed by atoms with Gasteiger partial charge in [-0.1, -0.05) is 30.3 Å². The van der Waals surface area contributed by atoms with Crippen LogP contribution >= 0.6 is 11.3 Å². The number of nitrogens with two attached hydrogens (primary N) is 1. The van der Waals surface area contributed by atoms with Crippen LogP contribution in [0, 0.1) is 0 Å². The average Bonchev–Trinajstić information content (AvgIpc) is 3.07. The minimum absolute atomic E-state index is 0.640. The van der Waals surface area contributed by atoms with E-state index in [4.69, 9.17) is 5.73 Å². The van der Waals surface area contributed by atoms with Crippen LogP contribution in [-0.2, 0) is 19.5 Å². The Morgan fingerprint density at radius 2 is 1.80 bits per heavy atom. The number of benzene rings is 1. The van der Waals surface area contributed by atoms with Gasteiger partial charge in [0.1, 0.15) is 0 Å². The fourth-order valence-corrected chi connectivity index (χ4v) is 2.98. The van der Waals surface area contributed by atoms with Gasteiger partial charge >= 0.3 is 0 Å². The highest BCUT2D eigenvalue weighted by atomic mass is 32.1. The Morgan fingerprint density at radius 1 is 1.00 bits per heavy atom. The van der Waals surface area contributed by atoms with Crippen LogP contribution in [0.5, 0.6) is 0 Å². The number of hydrogen-bond acceptors (Lipinski definition) is 7. The van der Waals surface area contributed by atoms with Crippen molar-refractivity contribution in [3.8, 4) is 0 Å². The van der Waals surface area contributed by atoms with Gasteiger partial charge in [-0.2, -0.15) is 0 Å². The van der Waals surface area contributed by atoms with Crippen LogP contribution in [0.4, 0.5) is 11.1 Å². The van der Waals surface area contributed by atoms with Gasteiger partial charge in [0, 0.05) is 36.4 Å². The number of thiazole rings is 1. The summed E-state index contributed by atoms with van der Waals surface area (Å²) < 4.78 is 0. The SMILES string of the molecule is Nc1nc(CCCNCc2cnc(NCc3ccccc3)nc2)cs1. The Hall–Kier alpha value is -2.51. The van der Waals surface area contributed by atoms with Gasteiger partial charge in [0.15, 0.2) is 5.13 Å². The third-order valence-corrected chi connectivity index (χ3v) is 4.41. The molecule has 25 heavy (non-hydrogen) atoms. The molecule has 0 saturated carbocycles. The van der Waals surface area contributed by atoms with Gasteiger partial charge in [-0.05, 0) is 24.9 Å². The van der Waals surface area contributed by atoms with Gasteiger partial charge in [-0.3, -0.25) is 0 Å². The van der Waals surface area contributed by atoms with Crippen molar-refractivity contribution < 1.29 is 0 Å². The molecule has 3 rings (SSSR count). The average molecular weight is 354 g/mol. The zero-order chi connectivity index (χ0) is 17.3. The lowest BCUT2D eigenvalue weighted by Crippen LogP contribution is -2.16. The van der Waals surface area contributed by atoms with E-state index in [1.54, 1.807) is 0 Å². The van der Waals surface area contributed by atoms with Crippen LogP contribution in [0.1, 0.15) is 23.2 Å². The monoisotopic (exact) mass is 354 g/mol. The lowest BCUT2D eigenvalue weighted by atomic mass is 10.2. The van der Waals surface area contributed by atoms with Crippen LogP contribution in [-0.4, -0.2) is 21.5 Å². The van der Waals surface area contributed by atoms with Gasteiger partial charge in [0.25, 0.3) is 0 Å². The Labute approximate surface area is 151 Å². The second-order valence-electron chi connectivity index (χ2n) is 5.71. The Balaban J connectivity index is 1.34. The summed E-state index contributed by atoms with van der Waals surface area (Å²) >= 11 is 1.49. The number of aromatic nitrogens is 3. The summed E-state index contributed by atoms with van der Waals surface area (Å²) in [7, 11) is 0. The van der Waals surface area contributed by atoms with E-state index in [1.807, 2.05) is 36.0 Å². The molecule has 6 nitrogen and oxygen atoms in total. The van der Waals surface area contributed by atoms with Crippen LogP contribution in [0.15, 0.2) is 48.1 Å². The van der Waals surface area contributed by atoms with Crippen molar-refractivity contribution in [2.24, 2.45) is 0 Å². The summed E-state index contributed by atoms with van der Waals surface area (Å²) in [4.78, 5) is 13.0. The number of nitrogens with one attached hydrogen (secondary N) is 2. The second-order valence-corrected chi connectivity index (χ2v) is 6.60. The molecule has 3 aromatic rings. The Morgan fingerprint density at radius 3 is 2.52 bits per heavy atom. The van der Waals surface area contributed by atoms with E-state index in [0.717, 1.165) is 43.7 Å². The van der Waals surface area contributed by atoms with Crippen LogP contribution < -0.4 is 16.4 Å². The fourth-order valence-electron chi connectivity index (χ4n) is 2.38. The lowest BCUT2D eigenvalue weighted by Gasteiger charge is -2.07. The fraction of sp³-hybridized carbons (Fsp3) is 0.278. The summed E-state index contributed by atoms with van der Waals surface area (Å²) in [6.45, 7) is 2.41. The van der Waals surface area contributed by atoms with Crippen molar-refractivity contribution in [2.45, 2.75) is 25.9 Å². The number of anilines is 2. The molecule has 0 amide bonds. The normalized spacial score (nSPS) is 10.7. The highest BCUT2D eigenvalue weighted by Gasteiger charge is 2.00. The number of rotatable bonds is 9. The minimum atomic E-state index is 0.640. The molecule has 7 heteroatoms. The third kappa shape index (κ3) is 5.81. The molecule has 2 heterocycles.